The first-order valence-corrected chi connectivity index (χ1v) is 7.10. The van der Waals surface area contributed by atoms with Crippen LogP contribution in [-0.4, -0.2) is 16.7 Å². The average Bonchev–Trinajstić information content (AvgIpc) is 2.83. The second kappa shape index (κ2) is 5.66. The highest BCUT2D eigenvalue weighted by Gasteiger charge is 2.11. The molecule has 108 valence electrons. The number of aryl methyl sites for hydroxylation is 2. The van der Waals surface area contributed by atoms with Crippen LogP contribution in [0.2, 0.25) is 5.02 Å². The Morgan fingerprint density at radius 1 is 1.19 bits per heavy atom. The number of nitrogens with two attached hydrogens (primary N) is 1. The number of para-hydroxylation sites is 2. The molecule has 0 aliphatic carbocycles. The number of nitrogens with zero attached hydrogens (tertiary/aromatic N) is 2. The van der Waals surface area contributed by atoms with Crippen LogP contribution in [0.4, 0.5) is 5.95 Å². The number of hydrogen-bond donors (Lipinski definition) is 1. The Kier molecular flexibility index (Phi) is 3.71. The van der Waals surface area contributed by atoms with E-state index in [-0.39, 0.29) is 0 Å². The summed E-state index contributed by atoms with van der Waals surface area (Å²) in [6.07, 6.45) is 0.812. The highest BCUT2D eigenvalue weighted by Crippen LogP contribution is 2.26. The maximum atomic E-state index is 6.16. The molecule has 0 saturated heterocycles. The highest BCUT2D eigenvalue weighted by molar-refractivity contribution is 6.35. The van der Waals surface area contributed by atoms with Gasteiger partial charge in [-0.3, -0.25) is 0 Å². The topological polar surface area (TPSA) is 53.1 Å². The summed E-state index contributed by atoms with van der Waals surface area (Å²) in [4.78, 5) is 4.35. The summed E-state index contributed by atoms with van der Waals surface area (Å²) in [7, 11) is 1.68. The number of anilines is 1. The Balaban J connectivity index is 1.92. The van der Waals surface area contributed by atoms with E-state index >= 15 is 0 Å². The summed E-state index contributed by atoms with van der Waals surface area (Å²) < 4.78 is 7.35. The van der Waals surface area contributed by atoms with Gasteiger partial charge in [0.1, 0.15) is 11.3 Å². The van der Waals surface area contributed by atoms with Crippen molar-refractivity contribution in [2.24, 2.45) is 0 Å². The highest BCUT2D eigenvalue weighted by atomic mass is 35.5. The molecule has 0 spiro atoms. The first-order valence-electron chi connectivity index (χ1n) is 6.73. The van der Waals surface area contributed by atoms with Gasteiger partial charge in [0.15, 0.2) is 0 Å². The zero-order chi connectivity index (χ0) is 14.8. The molecule has 0 saturated carbocycles. The van der Waals surface area contributed by atoms with E-state index in [0.29, 0.717) is 11.0 Å². The molecule has 3 aromatic rings. The lowest BCUT2D eigenvalue weighted by atomic mass is 10.1. The van der Waals surface area contributed by atoms with Crippen LogP contribution in [0.5, 0.6) is 5.75 Å². The lowest BCUT2D eigenvalue weighted by Crippen LogP contribution is -2.06. The van der Waals surface area contributed by atoms with E-state index in [1.54, 1.807) is 7.11 Å². The molecule has 0 aliphatic rings. The summed E-state index contributed by atoms with van der Waals surface area (Å²) >= 11 is 6.16. The molecule has 5 heteroatoms. The van der Waals surface area contributed by atoms with Gasteiger partial charge in [-0.05, 0) is 30.2 Å². The van der Waals surface area contributed by atoms with Gasteiger partial charge in [-0.25, -0.2) is 4.98 Å². The van der Waals surface area contributed by atoms with Crippen LogP contribution in [0.15, 0.2) is 42.5 Å². The van der Waals surface area contributed by atoms with Crippen molar-refractivity contribution in [2.45, 2.75) is 13.0 Å². The number of rotatable bonds is 4. The molecular formula is C16H16ClN3O. The second-order valence-electron chi connectivity index (χ2n) is 4.79. The van der Waals surface area contributed by atoms with Crippen LogP contribution >= 0.6 is 11.6 Å². The van der Waals surface area contributed by atoms with Gasteiger partial charge in [0, 0.05) is 6.54 Å². The number of nitrogen functional groups attached to an aromatic ring is 1. The van der Waals surface area contributed by atoms with Crippen molar-refractivity contribution < 1.29 is 4.74 Å². The summed E-state index contributed by atoms with van der Waals surface area (Å²) in [6, 6.07) is 13.7. The molecule has 1 heterocycles. The number of fused-ring (bicyclic) bond motifs is 1. The van der Waals surface area contributed by atoms with Crippen LogP contribution in [0.1, 0.15) is 5.56 Å². The Hall–Kier alpha value is -2.20. The number of aromatic nitrogens is 2. The molecule has 3 rings (SSSR count). The van der Waals surface area contributed by atoms with Crippen LogP contribution in [0.25, 0.3) is 11.0 Å². The minimum atomic E-state index is 0.480. The van der Waals surface area contributed by atoms with Crippen molar-refractivity contribution in [2.75, 3.05) is 12.8 Å². The Morgan fingerprint density at radius 3 is 2.81 bits per heavy atom. The molecule has 1 aromatic heterocycles. The maximum Gasteiger partial charge on any atom is 0.201 e. The average molecular weight is 302 g/mol. The molecule has 0 radical (unpaired) electrons. The van der Waals surface area contributed by atoms with E-state index < -0.39 is 0 Å². The molecule has 0 bridgehead atoms. The molecule has 21 heavy (non-hydrogen) atoms. The number of imidazole rings is 1. The third-order valence-corrected chi connectivity index (χ3v) is 3.86. The monoisotopic (exact) mass is 301 g/mol. The molecule has 0 fully saturated rings. The van der Waals surface area contributed by atoms with Gasteiger partial charge >= 0.3 is 0 Å². The Bertz CT molecular complexity index is 782. The summed E-state index contributed by atoms with van der Waals surface area (Å²) in [6.45, 7) is 0.725. The van der Waals surface area contributed by atoms with Crippen LogP contribution in [0, 0.1) is 0 Å². The van der Waals surface area contributed by atoms with Crippen molar-refractivity contribution in [3.05, 3.63) is 53.1 Å². The van der Waals surface area contributed by atoms with Crippen molar-refractivity contribution in [3.8, 4) is 5.75 Å². The van der Waals surface area contributed by atoms with Crippen molar-refractivity contribution in [1.82, 2.24) is 9.55 Å². The van der Waals surface area contributed by atoms with Gasteiger partial charge in [0.25, 0.3) is 0 Å². The quantitative estimate of drug-likeness (QED) is 0.802. The van der Waals surface area contributed by atoms with Gasteiger partial charge in [0.05, 0.1) is 17.6 Å². The molecule has 0 atom stereocenters. The number of methoxy groups -OCH3 is 1. The fourth-order valence-corrected chi connectivity index (χ4v) is 2.72. The third kappa shape index (κ3) is 2.54. The smallest absolute Gasteiger partial charge is 0.201 e. The van der Waals surface area contributed by atoms with Crippen LogP contribution < -0.4 is 10.5 Å². The molecule has 4 nitrogen and oxygen atoms in total. The first kappa shape index (κ1) is 13.8. The van der Waals surface area contributed by atoms with Crippen LogP contribution in [0.3, 0.4) is 0 Å². The molecule has 0 amide bonds. The minimum Gasteiger partial charge on any atom is -0.496 e. The zero-order valence-corrected chi connectivity index (χ0v) is 12.5. The van der Waals surface area contributed by atoms with Crippen molar-refractivity contribution >= 4 is 28.6 Å². The van der Waals surface area contributed by atoms with Gasteiger partial charge in [0.2, 0.25) is 5.95 Å². The lowest BCUT2D eigenvalue weighted by molar-refractivity contribution is 0.408. The third-order valence-electron chi connectivity index (χ3n) is 3.56. The number of halogens is 1. The van der Waals surface area contributed by atoms with E-state index in [4.69, 9.17) is 22.1 Å². The van der Waals surface area contributed by atoms with Gasteiger partial charge in [-0.2, -0.15) is 0 Å². The number of hydrogen-bond acceptors (Lipinski definition) is 3. The van der Waals surface area contributed by atoms with E-state index in [2.05, 4.69) is 11.1 Å². The van der Waals surface area contributed by atoms with Gasteiger partial charge in [-0.15, -0.1) is 0 Å². The fourth-order valence-electron chi connectivity index (χ4n) is 2.51. The Labute approximate surface area is 128 Å². The van der Waals surface area contributed by atoms with Crippen molar-refractivity contribution in [1.29, 1.82) is 0 Å². The molecule has 0 unspecified atom stereocenters. The van der Waals surface area contributed by atoms with Gasteiger partial charge in [-0.1, -0.05) is 35.9 Å². The van der Waals surface area contributed by atoms with Crippen molar-refractivity contribution in [3.63, 3.8) is 0 Å². The molecule has 0 aliphatic heterocycles. The fraction of sp³-hybridized carbons (Fsp3) is 0.188. The van der Waals surface area contributed by atoms with Gasteiger partial charge < -0.3 is 15.0 Å². The summed E-state index contributed by atoms with van der Waals surface area (Å²) in [5, 5.41) is 0.621. The normalized spacial score (nSPS) is 11.0. The number of ether oxygens (including phenoxy) is 1. The summed E-state index contributed by atoms with van der Waals surface area (Å²) in [5.74, 6) is 1.37. The molecular weight excluding hydrogens is 286 g/mol. The molecule has 2 N–H and O–H groups in total. The minimum absolute atomic E-state index is 0.480. The standard InChI is InChI=1S/C16H16ClN3O/c1-21-14-8-3-2-5-11(14)9-10-20-13-7-4-6-12(17)15(13)19-16(20)18/h2-8H,9-10H2,1H3,(H2,18,19). The lowest BCUT2D eigenvalue weighted by Gasteiger charge is -2.10. The maximum absolute atomic E-state index is 6.16. The zero-order valence-electron chi connectivity index (χ0n) is 11.7. The second-order valence-corrected chi connectivity index (χ2v) is 5.20. The SMILES string of the molecule is COc1ccccc1CCn1c(N)nc2c(Cl)cccc21. The van der Waals surface area contributed by atoms with Crippen LogP contribution in [-0.2, 0) is 13.0 Å². The number of benzene rings is 2. The van der Waals surface area contributed by atoms with E-state index in [9.17, 15) is 0 Å². The largest absolute Gasteiger partial charge is 0.496 e. The predicted octanol–water partition coefficient (Wildman–Crippen LogP) is 3.52. The summed E-state index contributed by atoms with van der Waals surface area (Å²) in [5.41, 5.74) is 8.86. The Morgan fingerprint density at radius 2 is 2.00 bits per heavy atom. The first-order chi connectivity index (χ1) is 10.2. The predicted molar refractivity (Wildman–Crippen MR) is 85.9 cm³/mol. The molecule has 2 aromatic carbocycles. The van der Waals surface area contributed by atoms with E-state index in [1.807, 2.05) is 41.0 Å². The van der Waals surface area contributed by atoms with E-state index in [1.165, 1.54) is 0 Å². The van der Waals surface area contributed by atoms with E-state index in [0.717, 1.165) is 35.3 Å².